The first-order valence-electron chi connectivity index (χ1n) is 7.63. The maximum Gasteiger partial charge on any atom is 0.252 e. The number of rotatable bonds is 6. The van der Waals surface area contributed by atoms with Gasteiger partial charge in [0.2, 0.25) is 0 Å². The molecular weight excluding hydrogens is 306 g/mol. The van der Waals surface area contributed by atoms with E-state index in [1.165, 1.54) is 0 Å². The minimum Gasteiger partial charge on any atom is -0.464 e. The smallest absolute Gasteiger partial charge is 0.252 e. The highest BCUT2D eigenvalue weighted by Crippen LogP contribution is 2.18. The number of amides is 1. The number of carbonyl (C=O) groups excluding carboxylic acids is 1. The summed E-state index contributed by atoms with van der Waals surface area (Å²) in [5.41, 5.74) is 1.37. The van der Waals surface area contributed by atoms with Crippen molar-refractivity contribution >= 4 is 5.91 Å². The van der Waals surface area contributed by atoms with Crippen molar-refractivity contribution in [2.24, 2.45) is 0 Å². The molecule has 0 radical (unpaired) electrons. The van der Waals surface area contributed by atoms with E-state index < -0.39 is 0 Å². The van der Waals surface area contributed by atoms with Crippen LogP contribution < -0.4 is 5.32 Å². The standard InChI is InChI=1S/C18H19N3O3/c1-13-7-8-17(24-13)16(12-23-2)20-18(22)14-5-3-6-15(11-14)21-10-4-9-19-21/h3-11,16H,12H2,1-2H3,(H,20,22)/t16-/m0/s1. The highest BCUT2D eigenvalue weighted by molar-refractivity contribution is 5.95. The Balaban J connectivity index is 1.79. The molecule has 6 heteroatoms. The average molecular weight is 325 g/mol. The highest BCUT2D eigenvalue weighted by Gasteiger charge is 2.19. The van der Waals surface area contributed by atoms with Gasteiger partial charge >= 0.3 is 0 Å². The Morgan fingerprint density at radius 2 is 2.21 bits per heavy atom. The molecular formula is C18H19N3O3. The molecule has 0 spiro atoms. The van der Waals surface area contributed by atoms with Crippen molar-refractivity contribution in [3.8, 4) is 5.69 Å². The summed E-state index contributed by atoms with van der Waals surface area (Å²) in [6, 6.07) is 12.5. The SMILES string of the molecule is COC[C@H](NC(=O)c1cccc(-n2cccn2)c1)c1ccc(C)o1. The normalized spacial score (nSPS) is 12.1. The van der Waals surface area contributed by atoms with E-state index in [0.29, 0.717) is 17.9 Å². The molecule has 1 atom stereocenters. The van der Waals surface area contributed by atoms with E-state index in [0.717, 1.165) is 11.4 Å². The molecule has 2 heterocycles. The van der Waals surface area contributed by atoms with Crippen molar-refractivity contribution in [2.45, 2.75) is 13.0 Å². The van der Waals surface area contributed by atoms with Gasteiger partial charge in [0, 0.05) is 25.1 Å². The third-order valence-electron chi connectivity index (χ3n) is 3.62. The number of nitrogens with one attached hydrogen (secondary N) is 1. The molecule has 1 amide bonds. The maximum absolute atomic E-state index is 12.6. The number of aromatic nitrogens is 2. The molecule has 0 fully saturated rings. The first-order valence-corrected chi connectivity index (χ1v) is 7.63. The van der Waals surface area contributed by atoms with Crippen LogP contribution in [0.4, 0.5) is 0 Å². The van der Waals surface area contributed by atoms with E-state index in [2.05, 4.69) is 10.4 Å². The van der Waals surface area contributed by atoms with E-state index in [9.17, 15) is 4.79 Å². The molecule has 0 aliphatic carbocycles. The molecule has 0 aliphatic heterocycles. The lowest BCUT2D eigenvalue weighted by Gasteiger charge is -2.16. The first-order chi connectivity index (χ1) is 11.7. The van der Waals surface area contributed by atoms with Crippen LogP contribution in [0.15, 0.2) is 59.3 Å². The first kappa shape index (κ1) is 16.0. The largest absolute Gasteiger partial charge is 0.464 e. The number of hydrogen-bond donors (Lipinski definition) is 1. The Morgan fingerprint density at radius 3 is 2.88 bits per heavy atom. The average Bonchev–Trinajstić information content (AvgIpc) is 3.26. The quantitative estimate of drug-likeness (QED) is 0.756. The number of ether oxygens (including phenoxy) is 1. The van der Waals surface area contributed by atoms with Crippen LogP contribution in [0.1, 0.15) is 27.9 Å². The van der Waals surface area contributed by atoms with Crippen LogP contribution >= 0.6 is 0 Å². The molecule has 1 N–H and O–H groups in total. The topological polar surface area (TPSA) is 69.3 Å². The van der Waals surface area contributed by atoms with E-state index in [1.807, 2.05) is 43.5 Å². The Morgan fingerprint density at radius 1 is 1.33 bits per heavy atom. The zero-order chi connectivity index (χ0) is 16.9. The number of hydrogen-bond acceptors (Lipinski definition) is 4. The van der Waals surface area contributed by atoms with E-state index in [1.54, 1.807) is 30.1 Å². The molecule has 0 saturated heterocycles. The number of furan rings is 1. The summed E-state index contributed by atoms with van der Waals surface area (Å²) in [5, 5.41) is 7.13. The van der Waals surface area contributed by atoms with Crippen molar-refractivity contribution < 1.29 is 13.9 Å². The molecule has 6 nitrogen and oxygen atoms in total. The minimum absolute atomic E-state index is 0.194. The van der Waals surface area contributed by atoms with E-state index in [-0.39, 0.29) is 11.9 Å². The van der Waals surface area contributed by atoms with Crippen molar-refractivity contribution in [1.29, 1.82) is 0 Å². The maximum atomic E-state index is 12.6. The Labute approximate surface area is 140 Å². The minimum atomic E-state index is -0.343. The van der Waals surface area contributed by atoms with Crippen LogP contribution in [-0.2, 0) is 4.74 Å². The van der Waals surface area contributed by atoms with Gasteiger partial charge in [0.15, 0.2) is 0 Å². The third-order valence-corrected chi connectivity index (χ3v) is 3.62. The van der Waals surface area contributed by atoms with Gasteiger partial charge in [0.05, 0.1) is 12.3 Å². The summed E-state index contributed by atoms with van der Waals surface area (Å²) >= 11 is 0. The van der Waals surface area contributed by atoms with Crippen LogP contribution in [0.3, 0.4) is 0 Å². The molecule has 0 bridgehead atoms. The molecule has 3 aromatic rings. The van der Waals surface area contributed by atoms with E-state index in [4.69, 9.17) is 9.15 Å². The molecule has 3 rings (SSSR count). The number of nitrogens with zero attached hydrogens (tertiary/aromatic N) is 2. The number of benzene rings is 1. The summed E-state index contributed by atoms with van der Waals surface area (Å²) in [7, 11) is 1.59. The summed E-state index contributed by atoms with van der Waals surface area (Å²) in [6.45, 7) is 2.19. The fraction of sp³-hybridized carbons (Fsp3) is 0.222. The van der Waals surface area contributed by atoms with Crippen LogP contribution in [0.5, 0.6) is 0 Å². The van der Waals surface area contributed by atoms with E-state index >= 15 is 0 Å². The summed E-state index contributed by atoms with van der Waals surface area (Å²) < 4.78 is 12.5. The number of aryl methyl sites for hydroxylation is 1. The molecule has 1 aromatic carbocycles. The fourth-order valence-corrected chi connectivity index (χ4v) is 2.46. The molecule has 0 aliphatic rings. The van der Waals surface area contributed by atoms with Crippen molar-refractivity contribution in [3.05, 3.63) is 71.9 Å². The van der Waals surface area contributed by atoms with Crippen LogP contribution in [0.25, 0.3) is 5.69 Å². The van der Waals surface area contributed by atoms with Gasteiger partial charge in [-0.15, -0.1) is 0 Å². The third kappa shape index (κ3) is 3.55. The molecule has 0 unspecified atom stereocenters. The number of methoxy groups -OCH3 is 1. The predicted octanol–water partition coefficient (Wildman–Crippen LogP) is 2.89. The Hall–Kier alpha value is -2.86. The van der Waals surface area contributed by atoms with Crippen LogP contribution in [-0.4, -0.2) is 29.4 Å². The molecule has 0 saturated carbocycles. The zero-order valence-electron chi connectivity index (χ0n) is 13.6. The second-order valence-corrected chi connectivity index (χ2v) is 5.43. The van der Waals surface area contributed by atoms with Gasteiger partial charge in [-0.25, -0.2) is 4.68 Å². The molecule has 2 aromatic heterocycles. The van der Waals surface area contributed by atoms with Crippen LogP contribution in [0, 0.1) is 6.92 Å². The monoisotopic (exact) mass is 325 g/mol. The molecule has 24 heavy (non-hydrogen) atoms. The lowest BCUT2D eigenvalue weighted by Crippen LogP contribution is -2.31. The summed E-state index contributed by atoms with van der Waals surface area (Å²) in [6.07, 6.45) is 3.52. The van der Waals surface area contributed by atoms with Gasteiger partial charge in [-0.05, 0) is 43.3 Å². The lowest BCUT2D eigenvalue weighted by atomic mass is 10.1. The number of carbonyl (C=O) groups is 1. The predicted molar refractivity (Wildman–Crippen MR) is 89.1 cm³/mol. The van der Waals surface area contributed by atoms with Crippen LogP contribution in [0.2, 0.25) is 0 Å². The molecule has 124 valence electrons. The fourth-order valence-electron chi connectivity index (χ4n) is 2.46. The van der Waals surface area contributed by atoms with Gasteiger partial charge in [-0.2, -0.15) is 5.10 Å². The lowest BCUT2D eigenvalue weighted by molar-refractivity contribution is 0.0882. The van der Waals surface area contributed by atoms with Gasteiger partial charge < -0.3 is 14.5 Å². The summed E-state index contributed by atoms with van der Waals surface area (Å²) in [4.78, 5) is 12.6. The van der Waals surface area contributed by atoms with Crippen molar-refractivity contribution in [1.82, 2.24) is 15.1 Å². The van der Waals surface area contributed by atoms with Gasteiger partial charge in [-0.1, -0.05) is 6.07 Å². The van der Waals surface area contributed by atoms with Crippen molar-refractivity contribution in [3.63, 3.8) is 0 Å². The Bertz CT molecular complexity index is 809. The second-order valence-electron chi connectivity index (χ2n) is 5.43. The highest BCUT2D eigenvalue weighted by atomic mass is 16.5. The zero-order valence-corrected chi connectivity index (χ0v) is 13.6. The second kappa shape index (κ2) is 7.14. The van der Waals surface area contributed by atoms with Gasteiger partial charge in [-0.3, -0.25) is 4.79 Å². The summed E-state index contributed by atoms with van der Waals surface area (Å²) in [5.74, 6) is 1.27. The Kier molecular flexibility index (Phi) is 4.77. The van der Waals surface area contributed by atoms with Gasteiger partial charge in [0.25, 0.3) is 5.91 Å². The van der Waals surface area contributed by atoms with Gasteiger partial charge in [0.1, 0.15) is 17.6 Å². The van der Waals surface area contributed by atoms with Crippen molar-refractivity contribution in [2.75, 3.05) is 13.7 Å².